The summed E-state index contributed by atoms with van der Waals surface area (Å²) in [7, 11) is 1.60. The number of carbonyl (C=O) groups excluding carboxylic acids is 1. The van der Waals surface area contributed by atoms with Crippen molar-refractivity contribution in [3.63, 3.8) is 0 Å². The summed E-state index contributed by atoms with van der Waals surface area (Å²) in [6, 6.07) is 15.1. The minimum atomic E-state index is -0.0525. The van der Waals surface area contributed by atoms with Gasteiger partial charge in [0.25, 0.3) is 5.91 Å². The molecule has 1 fully saturated rings. The maximum atomic E-state index is 13.3. The van der Waals surface area contributed by atoms with Crippen LogP contribution in [0.4, 0.5) is 5.95 Å². The normalized spacial score (nSPS) is 15.6. The van der Waals surface area contributed by atoms with Crippen LogP contribution in [0.3, 0.4) is 0 Å². The molecule has 2 aliphatic rings. The number of fused-ring (bicyclic) bond motifs is 1. The minimum Gasteiger partial charge on any atom is -0.497 e. The third kappa shape index (κ3) is 4.68. The molecule has 1 amide bonds. The van der Waals surface area contributed by atoms with Crippen LogP contribution < -0.4 is 14.4 Å². The number of hydrogen-bond acceptors (Lipinski definition) is 7. The monoisotopic (exact) mass is 460 g/mol. The highest BCUT2D eigenvalue weighted by molar-refractivity contribution is 5.94. The first kappa shape index (κ1) is 22.2. The average molecular weight is 461 g/mol. The second kappa shape index (κ2) is 9.69. The Morgan fingerprint density at radius 3 is 2.59 bits per heavy atom. The number of methoxy groups -OCH3 is 1. The SMILES string of the molecule is COc1cccc(C(=O)N2CCc3nc(N4CCOCC4)nc(Oc4cccc(C)c4)c3C2)c1. The van der Waals surface area contributed by atoms with E-state index in [0.29, 0.717) is 61.6 Å². The molecule has 2 aliphatic heterocycles. The molecule has 5 rings (SSSR count). The third-order valence-corrected chi connectivity index (χ3v) is 6.11. The van der Waals surface area contributed by atoms with Crippen LogP contribution in [-0.4, -0.2) is 60.7 Å². The molecule has 0 aliphatic carbocycles. The first-order valence-electron chi connectivity index (χ1n) is 11.5. The molecule has 3 aromatic rings. The van der Waals surface area contributed by atoms with Crippen molar-refractivity contribution in [2.24, 2.45) is 0 Å². The number of nitrogens with zero attached hydrogens (tertiary/aromatic N) is 4. The Bertz CT molecular complexity index is 1190. The molecule has 0 bridgehead atoms. The molecule has 0 radical (unpaired) electrons. The van der Waals surface area contributed by atoms with Gasteiger partial charge in [-0.15, -0.1) is 0 Å². The highest BCUT2D eigenvalue weighted by Crippen LogP contribution is 2.32. The van der Waals surface area contributed by atoms with Gasteiger partial charge in [0.1, 0.15) is 11.5 Å². The van der Waals surface area contributed by atoms with Gasteiger partial charge in [-0.25, -0.2) is 4.98 Å². The molecule has 3 heterocycles. The average Bonchev–Trinajstić information content (AvgIpc) is 2.88. The van der Waals surface area contributed by atoms with Gasteiger partial charge in [0.2, 0.25) is 11.8 Å². The molecule has 0 N–H and O–H groups in total. The maximum Gasteiger partial charge on any atom is 0.254 e. The van der Waals surface area contributed by atoms with Crippen LogP contribution in [0, 0.1) is 6.92 Å². The van der Waals surface area contributed by atoms with E-state index in [1.54, 1.807) is 13.2 Å². The summed E-state index contributed by atoms with van der Waals surface area (Å²) in [5.74, 6) is 2.47. The topological polar surface area (TPSA) is 77.0 Å². The van der Waals surface area contributed by atoms with Crippen molar-refractivity contribution < 1.29 is 19.0 Å². The fraction of sp³-hybridized carbons (Fsp3) is 0.346. The fourth-order valence-corrected chi connectivity index (χ4v) is 4.26. The molecule has 0 atom stereocenters. The van der Waals surface area contributed by atoms with E-state index in [-0.39, 0.29) is 5.91 Å². The summed E-state index contributed by atoms with van der Waals surface area (Å²) in [6.07, 6.45) is 0.634. The van der Waals surface area contributed by atoms with E-state index < -0.39 is 0 Å². The van der Waals surface area contributed by atoms with E-state index in [9.17, 15) is 4.79 Å². The van der Waals surface area contributed by atoms with Crippen molar-refractivity contribution in [1.29, 1.82) is 0 Å². The lowest BCUT2D eigenvalue weighted by molar-refractivity contribution is 0.0731. The molecule has 1 saturated heterocycles. The van der Waals surface area contributed by atoms with E-state index in [1.165, 1.54) is 0 Å². The number of morpholine rings is 1. The molecule has 2 aromatic carbocycles. The van der Waals surface area contributed by atoms with Crippen molar-refractivity contribution in [1.82, 2.24) is 14.9 Å². The zero-order valence-electron chi connectivity index (χ0n) is 19.5. The van der Waals surface area contributed by atoms with E-state index in [2.05, 4.69) is 4.90 Å². The van der Waals surface area contributed by atoms with Crippen LogP contribution in [0.2, 0.25) is 0 Å². The Kier molecular flexibility index (Phi) is 6.31. The van der Waals surface area contributed by atoms with E-state index in [0.717, 1.165) is 29.9 Å². The van der Waals surface area contributed by atoms with Gasteiger partial charge in [-0.2, -0.15) is 4.98 Å². The van der Waals surface area contributed by atoms with Crippen LogP contribution in [0.25, 0.3) is 0 Å². The first-order chi connectivity index (χ1) is 16.6. The van der Waals surface area contributed by atoms with Crippen LogP contribution in [0.15, 0.2) is 48.5 Å². The van der Waals surface area contributed by atoms with Crippen LogP contribution in [0.1, 0.15) is 27.2 Å². The van der Waals surface area contributed by atoms with Crippen molar-refractivity contribution >= 4 is 11.9 Å². The number of amides is 1. The summed E-state index contributed by atoms with van der Waals surface area (Å²) in [5, 5.41) is 0. The van der Waals surface area contributed by atoms with E-state index >= 15 is 0 Å². The Morgan fingerprint density at radius 2 is 1.79 bits per heavy atom. The van der Waals surface area contributed by atoms with Crippen molar-refractivity contribution in [2.45, 2.75) is 19.9 Å². The first-order valence-corrected chi connectivity index (χ1v) is 11.5. The van der Waals surface area contributed by atoms with E-state index in [1.807, 2.05) is 54.3 Å². The van der Waals surface area contributed by atoms with Gasteiger partial charge in [-0.1, -0.05) is 18.2 Å². The van der Waals surface area contributed by atoms with Gasteiger partial charge in [-0.3, -0.25) is 4.79 Å². The molecular weight excluding hydrogens is 432 g/mol. The second-order valence-electron chi connectivity index (χ2n) is 8.48. The number of rotatable bonds is 5. The molecule has 0 spiro atoms. The molecule has 0 unspecified atom stereocenters. The van der Waals surface area contributed by atoms with Crippen molar-refractivity contribution in [3.8, 4) is 17.4 Å². The molecule has 8 nitrogen and oxygen atoms in total. The highest BCUT2D eigenvalue weighted by Gasteiger charge is 2.29. The van der Waals surface area contributed by atoms with Crippen molar-refractivity contribution in [2.75, 3.05) is 44.9 Å². The largest absolute Gasteiger partial charge is 0.497 e. The van der Waals surface area contributed by atoms with E-state index in [4.69, 9.17) is 24.2 Å². The fourth-order valence-electron chi connectivity index (χ4n) is 4.26. The number of carbonyl (C=O) groups is 1. The van der Waals surface area contributed by atoms with Crippen LogP contribution in [0.5, 0.6) is 17.4 Å². The lowest BCUT2D eigenvalue weighted by Gasteiger charge is -2.32. The zero-order valence-corrected chi connectivity index (χ0v) is 19.5. The third-order valence-electron chi connectivity index (χ3n) is 6.11. The van der Waals surface area contributed by atoms with Gasteiger partial charge in [0.15, 0.2) is 0 Å². The molecule has 34 heavy (non-hydrogen) atoms. The standard InChI is InChI=1S/C26H28N4O4/c1-18-5-3-8-21(15-18)34-24-22-17-30(25(31)19-6-4-7-20(16-19)32-2)10-9-23(22)27-26(28-24)29-11-13-33-14-12-29/h3-8,15-16H,9-14,17H2,1-2H3. The van der Waals surface area contributed by atoms with Gasteiger partial charge >= 0.3 is 0 Å². The lowest BCUT2D eigenvalue weighted by atomic mass is 10.0. The summed E-state index contributed by atoms with van der Waals surface area (Å²) >= 11 is 0. The number of hydrogen-bond donors (Lipinski definition) is 0. The Labute approximate surface area is 199 Å². The number of ether oxygens (including phenoxy) is 3. The smallest absolute Gasteiger partial charge is 0.254 e. The lowest BCUT2D eigenvalue weighted by Crippen LogP contribution is -2.39. The predicted octanol–water partition coefficient (Wildman–Crippen LogP) is 3.62. The summed E-state index contributed by atoms with van der Waals surface area (Å²) in [5.41, 5.74) is 3.47. The maximum absolute atomic E-state index is 13.3. The Morgan fingerprint density at radius 1 is 1.00 bits per heavy atom. The molecule has 8 heteroatoms. The van der Waals surface area contributed by atoms with Gasteiger partial charge in [0.05, 0.1) is 38.1 Å². The second-order valence-corrected chi connectivity index (χ2v) is 8.48. The Balaban J connectivity index is 1.48. The molecule has 0 saturated carbocycles. The molecule has 1 aromatic heterocycles. The summed E-state index contributed by atoms with van der Waals surface area (Å²) in [4.78, 5) is 26.9. The highest BCUT2D eigenvalue weighted by atomic mass is 16.5. The zero-order chi connectivity index (χ0) is 23.5. The number of benzene rings is 2. The van der Waals surface area contributed by atoms with Crippen LogP contribution >= 0.6 is 0 Å². The number of aryl methyl sites for hydroxylation is 1. The van der Waals surface area contributed by atoms with Gasteiger partial charge in [-0.05, 0) is 42.8 Å². The molecular formula is C26H28N4O4. The number of aromatic nitrogens is 2. The summed E-state index contributed by atoms with van der Waals surface area (Å²) < 4.78 is 17.1. The molecule has 176 valence electrons. The van der Waals surface area contributed by atoms with Gasteiger partial charge in [0, 0.05) is 31.6 Å². The number of anilines is 1. The Hall–Kier alpha value is -3.65. The predicted molar refractivity (Wildman–Crippen MR) is 128 cm³/mol. The summed E-state index contributed by atoms with van der Waals surface area (Å²) in [6.45, 7) is 5.76. The van der Waals surface area contributed by atoms with Crippen LogP contribution in [-0.2, 0) is 17.7 Å². The quantitative estimate of drug-likeness (QED) is 0.576. The van der Waals surface area contributed by atoms with Crippen molar-refractivity contribution in [3.05, 3.63) is 70.9 Å². The van der Waals surface area contributed by atoms with Gasteiger partial charge < -0.3 is 24.0 Å². The minimum absolute atomic E-state index is 0.0525.